The van der Waals surface area contributed by atoms with E-state index < -0.39 is 0 Å². The zero-order valence-corrected chi connectivity index (χ0v) is 12.4. The lowest BCUT2D eigenvalue weighted by atomic mass is 9.99. The lowest BCUT2D eigenvalue weighted by molar-refractivity contribution is 0.247. The fraction of sp³-hybridized carbons (Fsp3) is 0.278. The van der Waals surface area contributed by atoms with Crippen LogP contribution in [0.2, 0.25) is 0 Å². The first-order valence-electron chi connectivity index (χ1n) is 7.32. The molecule has 1 aliphatic rings. The summed E-state index contributed by atoms with van der Waals surface area (Å²) in [7, 11) is 0. The first-order valence-corrected chi connectivity index (χ1v) is 7.32. The van der Waals surface area contributed by atoms with E-state index in [-0.39, 0.29) is 11.6 Å². The van der Waals surface area contributed by atoms with Crippen molar-refractivity contribution in [3.05, 3.63) is 65.2 Å². The van der Waals surface area contributed by atoms with Crippen LogP contribution in [0.25, 0.3) is 0 Å². The number of nitrogens with one attached hydrogen (secondary N) is 2. The van der Waals surface area contributed by atoms with Gasteiger partial charge in [0.25, 0.3) is 0 Å². The van der Waals surface area contributed by atoms with Crippen LogP contribution in [0, 0.1) is 13.8 Å². The van der Waals surface area contributed by atoms with E-state index in [9.17, 15) is 4.79 Å². The normalized spacial score (nSPS) is 15.3. The minimum atomic E-state index is -0.182. The minimum Gasteiger partial charge on any atom is -0.328 e. The zero-order valence-electron chi connectivity index (χ0n) is 12.4. The van der Waals surface area contributed by atoms with Crippen LogP contribution in [0.1, 0.15) is 29.5 Å². The Bertz CT molecular complexity index is 674. The van der Waals surface area contributed by atoms with E-state index in [2.05, 4.69) is 29.7 Å². The molecule has 0 aliphatic heterocycles. The van der Waals surface area contributed by atoms with E-state index in [4.69, 9.17) is 0 Å². The van der Waals surface area contributed by atoms with Crippen LogP contribution in [0.15, 0.2) is 48.5 Å². The summed E-state index contributed by atoms with van der Waals surface area (Å²) in [6, 6.07) is 15.9. The number of amides is 2. The molecule has 3 nitrogen and oxygen atoms in total. The van der Waals surface area contributed by atoms with Crippen molar-refractivity contribution in [2.75, 3.05) is 5.32 Å². The summed E-state index contributed by atoms with van der Waals surface area (Å²) in [6.07, 6.45) is 2.00. The third-order valence-electron chi connectivity index (χ3n) is 4.16. The number of benzene rings is 2. The molecule has 2 aromatic carbocycles. The Morgan fingerprint density at radius 1 is 0.952 bits per heavy atom. The molecule has 0 radical (unpaired) electrons. The van der Waals surface area contributed by atoms with Gasteiger partial charge in [-0.05, 0) is 49.4 Å². The molecule has 1 aliphatic carbocycles. The van der Waals surface area contributed by atoms with Gasteiger partial charge in [0, 0.05) is 5.69 Å². The SMILES string of the molecule is Cc1ccccc1NC(=O)NC1(c2ccccc2C)CC1. The van der Waals surface area contributed by atoms with E-state index in [0.29, 0.717) is 0 Å². The van der Waals surface area contributed by atoms with E-state index >= 15 is 0 Å². The molecule has 3 heteroatoms. The second-order valence-electron chi connectivity index (χ2n) is 5.79. The fourth-order valence-corrected chi connectivity index (χ4v) is 2.78. The molecule has 2 amide bonds. The zero-order chi connectivity index (χ0) is 14.9. The molecular weight excluding hydrogens is 260 g/mol. The molecule has 0 unspecified atom stereocenters. The molecule has 0 spiro atoms. The predicted octanol–water partition coefficient (Wildman–Crippen LogP) is 4.11. The molecule has 0 bridgehead atoms. The first-order chi connectivity index (χ1) is 10.1. The van der Waals surface area contributed by atoms with Gasteiger partial charge in [0.05, 0.1) is 5.54 Å². The summed E-state index contributed by atoms with van der Waals surface area (Å²) in [4.78, 5) is 12.3. The minimum absolute atomic E-state index is 0.134. The maximum atomic E-state index is 12.3. The van der Waals surface area contributed by atoms with Gasteiger partial charge in [0.15, 0.2) is 0 Å². The molecule has 2 aromatic rings. The maximum Gasteiger partial charge on any atom is 0.319 e. The summed E-state index contributed by atoms with van der Waals surface area (Å²) >= 11 is 0. The Kier molecular flexibility index (Phi) is 3.42. The van der Waals surface area contributed by atoms with Crippen LogP contribution in [0.4, 0.5) is 10.5 Å². The molecular formula is C18H20N2O. The topological polar surface area (TPSA) is 41.1 Å². The number of para-hydroxylation sites is 1. The van der Waals surface area contributed by atoms with Crippen LogP contribution in [0.3, 0.4) is 0 Å². The average molecular weight is 280 g/mol. The van der Waals surface area contributed by atoms with Gasteiger partial charge in [0.2, 0.25) is 0 Å². The van der Waals surface area contributed by atoms with E-state index in [1.165, 1.54) is 11.1 Å². The second-order valence-corrected chi connectivity index (χ2v) is 5.79. The van der Waals surface area contributed by atoms with Crippen molar-refractivity contribution >= 4 is 11.7 Å². The summed E-state index contributed by atoms with van der Waals surface area (Å²) in [5.41, 5.74) is 4.19. The lowest BCUT2D eigenvalue weighted by Crippen LogP contribution is -2.38. The number of carbonyl (C=O) groups is 1. The van der Waals surface area contributed by atoms with E-state index in [1.54, 1.807) is 0 Å². The van der Waals surface area contributed by atoms with Crippen molar-refractivity contribution in [1.82, 2.24) is 5.32 Å². The van der Waals surface area contributed by atoms with Crippen molar-refractivity contribution in [3.63, 3.8) is 0 Å². The number of carbonyl (C=O) groups excluding carboxylic acids is 1. The molecule has 1 saturated carbocycles. The van der Waals surface area contributed by atoms with Gasteiger partial charge in [-0.3, -0.25) is 0 Å². The van der Waals surface area contributed by atoms with Gasteiger partial charge in [0.1, 0.15) is 0 Å². The number of rotatable bonds is 3. The number of urea groups is 1. The highest BCUT2D eigenvalue weighted by atomic mass is 16.2. The molecule has 2 N–H and O–H groups in total. The summed E-state index contributed by atoms with van der Waals surface area (Å²) in [6.45, 7) is 4.08. The third-order valence-corrected chi connectivity index (χ3v) is 4.16. The molecule has 108 valence electrons. The molecule has 0 heterocycles. The quantitative estimate of drug-likeness (QED) is 0.872. The smallest absolute Gasteiger partial charge is 0.319 e. The number of anilines is 1. The van der Waals surface area contributed by atoms with Crippen LogP contribution in [-0.2, 0) is 5.54 Å². The van der Waals surface area contributed by atoms with Crippen molar-refractivity contribution < 1.29 is 4.79 Å². The summed E-state index contributed by atoms with van der Waals surface area (Å²) in [5.74, 6) is 0. The van der Waals surface area contributed by atoms with Crippen molar-refractivity contribution in [3.8, 4) is 0 Å². The first kappa shape index (κ1) is 13.7. The monoisotopic (exact) mass is 280 g/mol. The van der Waals surface area contributed by atoms with E-state index in [1.807, 2.05) is 43.3 Å². The van der Waals surface area contributed by atoms with Gasteiger partial charge in [-0.2, -0.15) is 0 Å². The van der Waals surface area contributed by atoms with E-state index in [0.717, 1.165) is 24.1 Å². The Morgan fingerprint density at radius 3 is 2.19 bits per heavy atom. The molecule has 0 aromatic heterocycles. The van der Waals surface area contributed by atoms with Crippen molar-refractivity contribution in [2.45, 2.75) is 32.2 Å². The fourth-order valence-electron chi connectivity index (χ4n) is 2.78. The average Bonchev–Trinajstić information content (AvgIpc) is 3.22. The highest BCUT2D eigenvalue weighted by molar-refractivity contribution is 5.91. The molecule has 1 fully saturated rings. The largest absolute Gasteiger partial charge is 0.328 e. The molecule has 3 rings (SSSR count). The van der Waals surface area contributed by atoms with Gasteiger partial charge < -0.3 is 10.6 Å². The Balaban J connectivity index is 1.74. The van der Waals surface area contributed by atoms with Crippen LogP contribution in [0.5, 0.6) is 0 Å². The molecule has 0 atom stereocenters. The lowest BCUT2D eigenvalue weighted by Gasteiger charge is -2.20. The Morgan fingerprint density at radius 2 is 1.57 bits per heavy atom. The summed E-state index contributed by atoms with van der Waals surface area (Å²) in [5, 5.41) is 6.10. The predicted molar refractivity (Wildman–Crippen MR) is 85.4 cm³/mol. The van der Waals surface area contributed by atoms with Crippen LogP contribution < -0.4 is 10.6 Å². The number of hydrogen-bond donors (Lipinski definition) is 2. The van der Waals surface area contributed by atoms with Gasteiger partial charge >= 0.3 is 6.03 Å². The second kappa shape index (κ2) is 5.24. The van der Waals surface area contributed by atoms with Crippen LogP contribution in [-0.4, -0.2) is 6.03 Å². The summed E-state index contributed by atoms with van der Waals surface area (Å²) < 4.78 is 0. The standard InChI is InChI=1S/C18H20N2O/c1-13-7-3-5-9-15(13)18(11-12-18)20-17(21)19-16-10-6-4-8-14(16)2/h3-10H,11-12H2,1-2H3,(H2,19,20,21). The van der Waals surface area contributed by atoms with Crippen molar-refractivity contribution in [1.29, 1.82) is 0 Å². The number of hydrogen-bond acceptors (Lipinski definition) is 1. The Labute approximate surface area is 125 Å². The van der Waals surface area contributed by atoms with Crippen molar-refractivity contribution in [2.24, 2.45) is 0 Å². The Hall–Kier alpha value is -2.29. The third kappa shape index (κ3) is 2.77. The van der Waals surface area contributed by atoms with Gasteiger partial charge in [-0.15, -0.1) is 0 Å². The van der Waals surface area contributed by atoms with Crippen LogP contribution >= 0.6 is 0 Å². The maximum absolute atomic E-state index is 12.3. The highest BCUT2D eigenvalue weighted by Gasteiger charge is 2.46. The molecule has 0 saturated heterocycles. The van der Waals surface area contributed by atoms with Gasteiger partial charge in [-0.1, -0.05) is 42.5 Å². The highest BCUT2D eigenvalue weighted by Crippen LogP contribution is 2.46. The number of aryl methyl sites for hydroxylation is 2. The van der Waals surface area contributed by atoms with Gasteiger partial charge in [-0.25, -0.2) is 4.79 Å². The molecule has 21 heavy (non-hydrogen) atoms.